The van der Waals surface area contributed by atoms with Crippen molar-refractivity contribution in [2.24, 2.45) is 0 Å². The molecule has 0 fully saturated rings. The van der Waals surface area contributed by atoms with E-state index in [2.05, 4.69) is 37.5 Å². The van der Waals surface area contributed by atoms with Crippen LogP contribution in [0.25, 0.3) is 0 Å². The van der Waals surface area contributed by atoms with Crippen molar-refractivity contribution in [1.29, 1.82) is 0 Å². The lowest BCUT2D eigenvalue weighted by molar-refractivity contribution is 0.0811. The summed E-state index contributed by atoms with van der Waals surface area (Å²) in [6, 6.07) is 13.8. The summed E-state index contributed by atoms with van der Waals surface area (Å²) < 4.78 is 11.7. The molecule has 0 aliphatic rings. The first kappa shape index (κ1) is 25.6. The molecule has 2 aromatic rings. The van der Waals surface area contributed by atoms with E-state index in [1.807, 2.05) is 0 Å². The van der Waals surface area contributed by atoms with Crippen LogP contribution in [0, 0.1) is 0 Å². The Morgan fingerprint density at radius 1 is 0.625 bits per heavy atom. The van der Waals surface area contributed by atoms with E-state index in [4.69, 9.17) is 9.47 Å². The molecule has 32 heavy (non-hydrogen) atoms. The SMILES string of the molecule is CCN(CC)CCOc1ccccc1C(=O)C(=O)c1ccccc1OCCN(CC)CC. The fraction of sp³-hybridized carbons (Fsp3) is 0.462. The first-order chi connectivity index (χ1) is 15.5. The summed E-state index contributed by atoms with van der Waals surface area (Å²) in [7, 11) is 0. The molecule has 0 spiro atoms. The van der Waals surface area contributed by atoms with Crippen LogP contribution in [0.1, 0.15) is 48.4 Å². The van der Waals surface area contributed by atoms with Crippen LogP contribution in [0.4, 0.5) is 0 Å². The summed E-state index contributed by atoms with van der Waals surface area (Å²) in [5.41, 5.74) is 0.546. The van der Waals surface area contributed by atoms with E-state index in [0.29, 0.717) is 24.7 Å². The highest BCUT2D eigenvalue weighted by molar-refractivity contribution is 6.50. The number of nitrogens with zero attached hydrogens (tertiary/aromatic N) is 2. The number of carbonyl (C=O) groups is 2. The van der Waals surface area contributed by atoms with Crippen LogP contribution < -0.4 is 9.47 Å². The summed E-state index contributed by atoms with van der Waals surface area (Å²) in [4.78, 5) is 30.7. The van der Waals surface area contributed by atoms with Gasteiger partial charge in [-0.1, -0.05) is 52.0 Å². The number of ether oxygens (including phenoxy) is 2. The molecule has 0 unspecified atom stereocenters. The lowest BCUT2D eigenvalue weighted by Crippen LogP contribution is -2.28. The van der Waals surface area contributed by atoms with E-state index in [1.165, 1.54) is 0 Å². The Kier molecular flexibility index (Phi) is 10.9. The second-order valence-corrected chi connectivity index (χ2v) is 7.40. The van der Waals surface area contributed by atoms with Gasteiger partial charge in [-0.2, -0.15) is 0 Å². The van der Waals surface area contributed by atoms with Crippen LogP contribution in [-0.2, 0) is 0 Å². The van der Waals surface area contributed by atoms with Crippen molar-refractivity contribution in [3.63, 3.8) is 0 Å². The molecule has 0 saturated heterocycles. The largest absolute Gasteiger partial charge is 0.491 e. The van der Waals surface area contributed by atoms with Crippen LogP contribution in [-0.4, -0.2) is 73.8 Å². The fourth-order valence-electron chi connectivity index (χ4n) is 3.45. The van der Waals surface area contributed by atoms with Gasteiger partial charge in [-0.3, -0.25) is 9.59 Å². The van der Waals surface area contributed by atoms with Crippen LogP contribution in [0.2, 0.25) is 0 Å². The van der Waals surface area contributed by atoms with Gasteiger partial charge in [0.1, 0.15) is 24.7 Å². The average molecular weight is 441 g/mol. The Labute approximate surface area is 192 Å². The number of hydrogen-bond donors (Lipinski definition) is 0. The van der Waals surface area contributed by atoms with Gasteiger partial charge in [0, 0.05) is 13.1 Å². The van der Waals surface area contributed by atoms with Crippen molar-refractivity contribution in [2.45, 2.75) is 27.7 Å². The Bertz CT molecular complexity index is 789. The molecule has 0 amide bonds. The first-order valence-electron chi connectivity index (χ1n) is 11.5. The highest BCUT2D eigenvalue weighted by atomic mass is 16.5. The Balaban J connectivity index is 2.12. The summed E-state index contributed by atoms with van der Waals surface area (Å²) in [6.07, 6.45) is 0. The summed E-state index contributed by atoms with van der Waals surface area (Å²) in [6.45, 7) is 14.5. The average Bonchev–Trinajstić information content (AvgIpc) is 2.84. The Hall–Kier alpha value is -2.70. The third kappa shape index (κ3) is 7.18. The number of rotatable bonds is 15. The lowest BCUT2D eigenvalue weighted by atomic mass is 10.00. The topological polar surface area (TPSA) is 59.1 Å². The van der Waals surface area contributed by atoms with Gasteiger partial charge in [0.25, 0.3) is 0 Å². The van der Waals surface area contributed by atoms with E-state index in [0.717, 1.165) is 39.3 Å². The minimum absolute atomic E-state index is 0.273. The molecule has 0 aliphatic carbocycles. The zero-order valence-corrected chi connectivity index (χ0v) is 19.8. The third-order valence-corrected chi connectivity index (χ3v) is 5.59. The van der Waals surface area contributed by atoms with Crippen LogP contribution in [0.15, 0.2) is 48.5 Å². The summed E-state index contributed by atoms with van der Waals surface area (Å²) >= 11 is 0. The van der Waals surface area contributed by atoms with Gasteiger partial charge in [0.15, 0.2) is 0 Å². The predicted molar refractivity (Wildman–Crippen MR) is 128 cm³/mol. The van der Waals surface area contributed by atoms with Gasteiger partial charge in [-0.15, -0.1) is 0 Å². The van der Waals surface area contributed by atoms with E-state index in [9.17, 15) is 9.59 Å². The molecular formula is C26H36N2O4. The zero-order valence-electron chi connectivity index (χ0n) is 19.8. The highest BCUT2D eigenvalue weighted by Crippen LogP contribution is 2.24. The normalized spacial score (nSPS) is 11.1. The number of likely N-dealkylation sites (N-methyl/N-ethyl adjacent to an activating group) is 2. The molecule has 0 radical (unpaired) electrons. The predicted octanol–water partition coefficient (Wildman–Crippen LogP) is 4.19. The van der Waals surface area contributed by atoms with E-state index < -0.39 is 11.6 Å². The van der Waals surface area contributed by atoms with Gasteiger partial charge in [0.2, 0.25) is 11.6 Å². The molecule has 0 atom stereocenters. The molecule has 0 bridgehead atoms. The maximum Gasteiger partial charge on any atom is 0.237 e. The molecule has 0 saturated carbocycles. The van der Waals surface area contributed by atoms with Gasteiger partial charge < -0.3 is 19.3 Å². The number of Topliss-reactive ketones (excluding diaryl/α,β-unsaturated/α-hetero) is 2. The zero-order chi connectivity index (χ0) is 23.3. The Morgan fingerprint density at radius 2 is 0.969 bits per heavy atom. The number of hydrogen-bond acceptors (Lipinski definition) is 6. The molecule has 0 aromatic heterocycles. The second kappa shape index (κ2) is 13.7. The molecule has 2 rings (SSSR count). The molecular weight excluding hydrogens is 404 g/mol. The van der Waals surface area contributed by atoms with Crippen LogP contribution in [0.3, 0.4) is 0 Å². The third-order valence-electron chi connectivity index (χ3n) is 5.59. The molecule has 6 nitrogen and oxygen atoms in total. The lowest BCUT2D eigenvalue weighted by Gasteiger charge is -2.19. The summed E-state index contributed by atoms with van der Waals surface area (Å²) in [5, 5.41) is 0. The molecule has 0 aliphatic heterocycles. The van der Waals surface area contributed by atoms with E-state index in [-0.39, 0.29) is 11.1 Å². The molecule has 0 heterocycles. The maximum absolute atomic E-state index is 13.1. The molecule has 6 heteroatoms. The Morgan fingerprint density at radius 3 is 1.31 bits per heavy atom. The molecule has 174 valence electrons. The second-order valence-electron chi connectivity index (χ2n) is 7.40. The minimum Gasteiger partial charge on any atom is -0.491 e. The maximum atomic E-state index is 13.1. The van der Waals surface area contributed by atoms with Crippen molar-refractivity contribution in [3.05, 3.63) is 59.7 Å². The van der Waals surface area contributed by atoms with Gasteiger partial charge >= 0.3 is 0 Å². The van der Waals surface area contributed by atoms with E-state index in [1.54, 1.807) is 48.5 Å². The first-order valence-corrected chi connectivity index (χ1v) is 11.5. The number of benzene rings is 2. The van der Waals surface area contributed by atoms with Crippen LogP contribution in [0.5, 0.6) is 11.5 Å². The van der Waals surface area contributed by atoms with Crippen molar-refractivity contribution < 1.29 is 19.1 Å². The number of ketones is 2. The van der Waals surface area contributed by atoms with Gasteiger partial charge in [-0.25, -0.2) is 0 Å². The summed E-state index contributed by atoms with van der Waals surface area (Å²) in [5.74, 6) is -0.331. The van der Waals surface area contributed by atoms with Gasteiger partial charge in [-0.05, 0) is 50.4 Å². The van der Waals surface area contributed by atoms with Crippen molar-refractivity contribution >= 4 is 11.6 Å². The quantitative estimate of drug-likeness (QED) is 0.306. The van der Waals surface area contributed by atoms with Gasteiger partial charge in [0.05, 0.1) is 11.1 Å². The van der Waals surface area contributed by atoms with Crippen molar-refractivity contribution in [1.82, 2.24) is 9.80 Å². The van der Waals surface area contributed by atoms with Crippen LogP contribution >= 0.6 is 0 Å². The monoisotopic (exact) mass is 440 g/mol. The molecule has 2 aromatic carbocycles. The standard InChI is InChI=1S/C26H36N2O4/c1-5-27(6-2)17-19-31-23-15-11-9-13-21(23)25(29)26(30)22-14-10-12-16-24(22)32-20-18-28(7-3)8-4/h9-16H,5-8,17-20H2,1-4H3. The van der Waals surface area contributed by atoms with Crippen molar-refractivity contribution in [3.8, 4) is 11.5 Å². The van der Waals surface area contributed by atoms with E-state index >= 15 is 0 Å². The number of para-hydroxylation sites is 2. The fourth-order valence-corrected chi connectivity index (χ4v) is 3.45. The highest BCUT2D eigenvalue weighted by Gasteiger charge is 2.24. The smallest absolute Gasteiger partial charge is 0.237 e. The molecule has 0 N–H and O–H groups in total. The van der Waals surface area contributed by atoms with Crippen molar-refractivity contribution in [2.75, 3.05) is 52.5 Å². The minimum atomic E-state index is -0.594. The number of carbonyl (C=O) groups excluding carboxylic acids is 2.